The third-order valence-corrected chi connectivity index (χ3v) is 12.4. The highest BCUT2D eigenvalue weighted by atomic mass is 35.5. The maximum absolute atomic E-state index is 14.1. The summed E-state index contributed by atoms with van der Waals surface area (Å²) in [5, 5.41) is 4.44. The fourth-order valence-electron chi connectivity index (χ4n) is 8.40. The molecule has 3 aromatic rings. The summed E-state index contributed by atoms with van der Waals surface area (Å²) in [6, 6.07) is 19.4. The van der Waals surface area contributed by atoms with Gasteiger partial charge in [0.15, 0.2) is 11.5 Å². The Hall–Kier alpha value is -3.94. The Labute approximate surface area is 352 Å². The number of ether oxygens (including phenoxy) is 4. The van der Waals surface area contributed by atoms with Gasteiger partial charge in [-0.25, -0.2) is 4.79 Å². The van der Waals surface area contributed by atoms with Gasteiger partial charge in [-0.1, -0.05) is 59.6 Å². The first-order chi connectivity index (χ1) is 27.0. The van der Waals surface area contributed by atoms with Crippen LogP contribution in [0.1, 0.15) is 54.1 Å². The molecule has 0 saturated carbocycles. The minimum atomic E-state index is -0.518. The van der Waals surface area contributed by atoms with Gasteiger partial charge in [-0.15, -0.1) is 12.4 Å². The molecular weight excluding hydrogens is 793 g/mol. The predicted molar refractivity (Wildman–Crippen MR) is 224 cm³/mol. The number of benzene rings is 3. The number of piperidine rings is 1. The molecule has 310 valence electrons. The molecule has 0 aromatic heterocycles. The molecule has 3 heterocycles. The number of carbonyl (C=O) groups is 3. The Kier molecular flexibility index (Phi) is 15.2. The summed E-state index contributed by atoms with van der Waals surface area (Å²) in [7, 11) is 4.61. The molecule has 0 aliphatic carbocycles. The van der Waals surface area contributed by atoms with Gasteiger partial charge in [-0.2, -0.15) is 0 Å². The molecule has 3 aliphatic heterocycles. The van der Waals surface area contributed by atoms with Gasteiger partial charge < -0.3 is 39.0 Å². The highest BCUT2D eigenvalue weighted by Gasteiger charge is 2.44. The first kappa shape index (κ1) is 44.2. The number of nitrogens with one attached hydrogen (secondary N) is 1. The van der Waals surface area contributed by atoms with Gasteiger partial charge in [0.05, 0.1) is 50.1 Å². The van der Waals surface area contributed by atoms with Crippen molar-refractivity contribution in [2.24, 2.45) is 0 Å². The van der Waals surface area contributed by atoms with Crippen molar-refractivity contribution in [3.05, 3.63) is 87.4 Å². The SMILES string of the molecule is CCOC(=O)CN1CCN(C(=O)NC2(c3ccccc3)CCN(CC[C@]3(c4ccc(Cl)c(Cl)c4)CCN(C(=O)c4cc(OC)c(OC)c(OC)c4)C3)CC2)CC1.Cl. The molecule has 3 aliphatic rings. The van der Waals surface area contributed by atoms with Crippen LogP contribution in [0.4, 0.5) is 4.79 Å². The molecule has 0 bridgehead atoms. The van der Waals surface area contributed by atoms with Crippen LogP contribution in [-0.2, 0) is 20.5 Å². The zero-order valence-corrected chi connectivity index (χ0v) is 35.5. The molecule has 3 aromatic carbocycles. The van der Waals surface area contributed by atoms with Crippen LogP contribution in [0, 0.1) is 0 Å². The first-order valence-electron chi connectivity index (χ1n) is 19.3. The zero-order chi connectivity index (χ0) is 39.9. The number of methoxy groups -OCH3 is 3. The molecule has 0 spiro atoms. The highest BCUT2D eigenvalue weighted by molar-refractivity contribution is 6.42. The third-order valence-electron chi connectivity index (χ3n) is 11.7. The van der Waals surface area contributed by atoms with E-state index in [0.29, 0.717) is 78.7 Å². The smallest absolute Gasteiger partial charge is 0.320 e. The molecule has 1 atom stereocenters. The molecule has 3 saturated heterocycles. The van der Waals surface area contributed by atoms with Crippen molar-refractivity contribution in [2.75, 3.05) is 93.4 Å². The Morgan fingerprint density at radius 2 is 1.40 bits per heavy atom. The van der Waals surface area contributed by atoms with E-state index in [1.165, 1.54) is 21.3 Å². The Balaban J connectivity index is 0.00000620. The minimum Gasteiger partial charge on any atom is -0.493 e. The Morgan fingerprint density at radius 1 is 0.737 bits per heavy atom. The van der Waals surface area contributed by atoms with Crippen LogP contribution in [0.5, 0.6) is 17.2 Å². The van der Waals surface area contributed by atoms with E-state index >= 15 is 0 Å². The lowest BCUT2D eigenvalue weighted by molar-refractivity contribution is -0.144. The second-order valence-electron chi connectivity index (χ2n) is 14.8. The average molecular weight is 847 g/mol. The highest BCUT2D eigenvalue weighted by Crippen LogP contribution is 2.43. The lowest BCUT2D eigenvalue weighted by Crippen LogP contribution is -2.59. The van der Waals surface area contributed by atoms with Gasteiger partial charge in [0.25, 0.3) is 5.91 Å². The largest absolute Gasteiger partial charge is 0.493 e. The summed E-state index contributed by atoms with van der Waals surface area (Å²) in [4.78, 5) is 48.1. The van der Waals surface area contributed by atoms with Crippen molar-refractivity contribution in [2.45, 2.75) is 43.6 Å². The summed E-state index contributed by atoms with van der Waals surface area (Å²) in [6.45, 7) is 8.15. The summed E-state index contributed by atoms with van der Waals surface area (Å²) in [5.41, 5.74) is 1.73. The van der Waals surface area contributed by atoms with E-state index in [4.69, 9.17) is 42.1 Å². The maximum Gasteiger partial charge on any atom is 0.320 e. The summed E-state index contributed by atoms with van der Waals surface area (Å²) in [5.74, 6) is 0.921. The molecule has 3 fully saturated rings. The van der Waals surface area contributed by atoms with E-state index in [1.807, 2.05) is 51.1 Å². The molecule has 15 heteroatoms. The normalized spacial score (nSPS) is 19.7. The van der Waals surface area contributed by atoms with Gasteiger partial charge in [0.1, 0.15) is 0 Å². The number of urea groups is 1. The van der Waals surface area contributed by atoms with E-state index in [2.05, 4.69) is 22.3 Å². The Morgan fingerprint density at radius 3 is 2.00 bits per heavy atom. The average Bonchev–Trinajstić information content (AvgIpc) is 3.67. The molecule has 3 amide bonds. The lowest BCUT2D eigenvalue weighted by Gasteiger charge is -2.45. The van der Waals surface area contributed by atoms with Gasteiger partial charge in [-0.05, 0) is 74.5 Å². The molecule has 12 nitrogen and oxygen atoms in total. The number of carbonyl (C=O) groups excluding carboxylic acids is 3. The number of rotatable bonds is 13. The van der Waals surface area contributed by atoms with Gasteiger partial charge >= 0.3 is 12.0 Å². The number of nitrogens with zero attached hydrogens (tertiary/aromatic N) is 4. The minimum absolute atomic E-state index is 0. The molecule has 1 N–H and O–H groups in total. The van der Waals surface area contributed by atoms with E-state index in [1.54, 1.807) is 19.1 Å². The van der Waals surface area contributed by atoms with Crippen molar-refractivity contribution in [3.8, 4) is 17.2 Å². The van der Waals surface area contributed by atoms with Gasteiger partial charge in [0.2, 0.25) is 5.75 Å². The van der Waals surface area contributed by atoms with Crippen molar-refractivity contribution < 1.29 is 33.3 Å². The van der Waals surface area contributed by atoms with Crippen LogP contribution >= 0.6 is 35.6 Å². The van der Waals surface area contributed by atoms with Crippen LogP contribution in [0.15, 0.2) is 60.7 Å². The van der Waals surface area contributed by atoms with E-state index in [0.717, 1.165) is 56.4 Å². The number of hydrogen-bond donors (Lipinski definition) is 1. The number of amides is 3. The Bertz CT molecular complexity index is 1830. The number of esters is 1. The summed E-state index contributed by atoms with van der Waals surface area (Å²) in [6.07, 6.45) is 3.05. The van der Waals surface area contributed by atoms with Crippen LogP contribution in [0.3, 0.4) is 0 Å². The lowest BCUT2D eigenvalue weighted by atomic mass is 9.76. The van der Waals surface area contributed by atoms with E-state index in [-0.39, 0.29) is 42.3 Å². The molecular formula is C42H54Cl3N5O7. The molecule has 0 radical (unpaired) electrons. The molecule has 0 unspecified atom stereocenters. The number of hydrogen-bond acceptors (Lipinski definition) is 9. The van der Waals surface area contributed by atoms with Crippen LogP contribution in [-0.4, -0.2) is 131 Å². The van der Waals surface area contributed by atoms with E-state index < -0.39 is 5.54 Å². The van der Waals surface area contributed by atoms with Crippen molar-refractivity contribution in [1.82, 2.24) is 24.9 Å². The zero-order valence-electron chi connectivity index (χ0n) is 33.2. The molecule has 57 heavy (non-hydrogen) atoms. The topological polar surface area (TPSA) is 113 Å². The van der Waals surface area contributed by atoms with Crippen LogP contribution in [0.2, 0.25) is 10.0 Å². The summed E-state index contributed by atoms with van der Waals surface area (Å²) < 4.78 is 21.7. The standard InChI is InChI=1S/C42H53Cl2N5O7.ClH/c1-5-56-37(50)28-47-21-23-48(24-22-47)40(52)45-42(31-9-7-6-8-10-31)15-18-46(19-16-42)17-13-41(32-11-12-33(43)34(44)27-32)14-20-49(29-41)39(51)30-25-35(53-2)38(55-4)36(26-30)54-3;/h6-12,25-27H,5,13-24,28-29H2,1-4H3,(H,45,52);1H/t41-;/m0./s1. The van der Waals surface area contributed by atoms with Gasteiger partial charge in [-0.3, -0.25) is 14.5 Å². The summed E-state index contributed by atoms with van der Waals surface area (Å²) >= 11 is 13.0. The maximum atomic E-state index is 14.1. The number of likely N-dealkylation sites (tertiary alicyclic amines) is 2. The second kappa shape index (κ2) is 19.7. The predicted octanol–water partition coefficient (Wildman–Crippen LogP) is 6.50. The van der Waals surface area contributed by atoms with Crippen molar-refractivity contribution in [1.29, 1.82) is 0 Å². The number of halogens is 3. The van der Waals surface area contributed by atoms with Crippen molar-refractivity contribution in [3.63, 3.8) is 0 Å². The monoisotopic (exact) mass is 845 g/mol. The van der Waals surface area contributed by atoms with Crippen LogP contribution < -0.4 is 19.5 Å². The first-order valence-corrected chi connectivity index (χ1v) is 20.1. The quantitative estimate of drug-likeness (QED) is 0.193. The fourth-order valence-corrected chi connectivity index (χ4v) is 8.70. The van der Waals surface area contributed by atoms with Crippen molar-refractivity contribution >= 4 is 53.5 Å². The molecule has 6 rings (SSSR count). The second-order valence-corrected chi connectivity index (χ2v) is 15.7. The third kappa shape index (κ3) is 10.0. The number of piperazine rings is 1. The van der Waals surface area contributed by atoms with Crippen LogP contribution in [0.25, 0.3) is 0 Å². The fraction of sp³-hybridized carbons (Fsp3) is 0.500. The van der Waals surface area contributed by atoms with Gasteiger partial charge in [0, 0.05) is 63.3 Å². The van der Waals surface area contributed by atoms with E-state index in [9.17, 15) is 14.4 Å².